The minimum absolute atomic E-state index is 0.0124. The van der Waals surface area contributed by atoms with E-state index in [0.717, 1.165) is 12.1 Å². The van der Waals surface area contributed by atoms with Gasteiger partial charge in [-0.15, -0.1) is 0 Å². The average molecular weight is 272 g/mol. The van der Waals surface area contributed by atoms with Crippen LogP contribution in [0.3, 0.4) is 0 Å². The lowest BCUT2D eigenvalue weighted by atomic mass is 10.1. The first-order valence-electron chi connectivity index (χ1n) is 5.66. The lowest BCUT2D eigenvalue weighted by Gasteiger charge is -2.08. The molecule has 0 fully saturated rings. The highest BCUT2D eigenvalue weighted by Crippen LogP contribution is 2.23. The normalized spacial score (nSPS) is 9.80. The largest absolute Gasteiger partial charge is 0.486 e. The Kier molecular flexibility index (Phi) is 3.91. The van der Waals surface area contributed by atoms with Crippen molar-refractivity contribution in [1.82, 2.24) is 0 Å². The Labute approximate surface area is 114 Å². The first-order chi connectivity index (χ1) is 9.61. The number of non-ortho nitro benzene ring substituents is 1. The lowest BCUT2D eigenvalue weighted by Crippen LogP contribution is -2.00. The van der Waals surface area contributed by atoms with E-state index < -0.39 is 10.7 Å². The SMILES string of the molecule is N#Cc1ccccc1COc1ccc([N+](=O)[O-])cc1F. The molecule has 0 spiro atoms. The first kappa shape index (κ1) is 13.5. The van der Waals surface area contributed by atoms with E-state index in [0.29, 0.717) is 11.1 Å². The summed E-state index contributed by atoms with van der Waals surface area (Å²) in [4.78, 5) is 9.81. The topological polar surface area (TPSA) is 76.2 Å². The minimum atomic E-state index is -0.811. The number of nitro groups is 1. The zero-order valence-corrected chi connectivity index (χ0v) is 10.2. The summed E-state index contributed by atoms with van der Waals surface area (Å²) in [6.45, 7) is 0.0124. The van der Waals surface area contributed by atoms with Gasteiger partial charge in [0.2, 0.25) is 0 Å². The molecule has 0 atom stereocenters. The van der Waals surface area contributed by atoms with Crippen LogP contribution in [0.15, 0.2) is 42.5 Å². The summed E-state index contributed by atoms with van der Waals surface area (Å²) < 4.78 is 18.9. The van der Waals surface area contributed by atoms with Crippen LogP contribution in [0.4, 0.5) is 10.1 Å². The highest BCUT2D eigenvalue weighted by molar-refractivity contribution is 5.39. The predicted octanol–water partition coefficient (Wildman–Crippen LogP) is 3.18. The van der Waals surface area contributed by atoms with Crippen molar-refractivity contribution in [2.45, 2.75) is 6.61 Å². The standard InChI is InChI=1S/C14H9FN2O3/c15-13-7-12(17(18)19)5-6-14(13)20-9-11-4-2-1-3-10(11)8-16/h1-7H,9H2. The van der Waals surface area contributed by atoms with Crippen LogP contribution in [0.1, 0.15) is 11.1 Å². The minimum Gasteiger partial charge on any atom is -0.486 e. The van der Waals surface area contributed by atoms with Crippen LogP contribution in [-0.2, 0) is 6.61 Å². The molecular weight excluding hydrogens is 263 g/mol. The Hall–Kier alpha value is -2.94. The van der Waals surface area contributed by atoms with Crippen molar-refractivity contribution in [1.29, 1.82) is 5.26 Å². The maximum Gasteiger partial charge on any atom is 0.272 e. The zero-order chi connectivity index (χ0) is 14.5. The summed E-state index contributed by atoms with van der Waals surface area (Å²) in [5, 5.41) is 19.4. The molecule has 5 nitrogen and oxygen atoms in total. The van der Waals surface area contributed by atoms with Crippen LogP contribution < -0.4 is 4.74 Å². The first-order valence-corrected chi connectivity index (χ1v) is 5.66. The van der Waals surface area contributed by atoms with Gasteiger partial charge in [-0.05, 0) is 12.1 Å². The monoisotopic (exact) mass is 272 g/mol. The second kappa shape index (κ2) is 5.80. The van der Waals surface area contributed by atoms with Gasteiger partial charge in [0, 0.05) is 11.6 Å². The fraction of sp³-hybridized carbons (Fsp3) is 0.0714. The molecule has 0 unspecified atom stereocenters. The fourth-order valence-corrected chi connectivity index (χ4v) is 1.63. The van der Waals surface area contributed by atoms with E-state index in [2.05, 4.69) is 0 Å². The molecule has 2 aromatic rings. The molecule has 0 amide bonds. The second-order valence-electron chi connectivity index (χ2n) is 3.93. The predicted molar refractivity (Wildman–Crippen MR) is 68.5 cm³/mol. The molecule has 0 heterocycles. The number of nitro benzene ring substituents is 1. The number of nitrogens with zero attached hydrogens (tertiary/aromatic N) is 2. The molecule has 0 radical (unpaired) electrons. The van der Waals surface area contributed by atoms with E-state index in [4.69, 9.17) is 10.00 Å². The Morgan fingerprint density at radius 3 is 2.70 bits per heavy atom. The number of rotatable bonds is 4. The molecule has 0 aliphatic carbocycles. The quantitative estimate of drug-likeness (QED) is 0.632. The summed E-state index contributed by atoms with van der Waals surface area (Å²) >= 11 is 0. The molecule has 0 aliphatic heterocycles. The van der Waals surface area contributed by atoms with Crippen LogP contribution in [-0.4, -0.2) is 4.92 Å². The van der Waals surface area contributed by atoms with E-state index in [-0.39, 0.29) is 18.0 Å². The molecule has 2 rings (SSSR count). The fourth-order valence-electron chi connectivity index (χ4n) is 1.63. The van der Waals surface area contributed by atoms with E-state index >= 15 is 0 Å². The number of nitriles is 1. The second-order valence-corrected chi connectivity index (χ2v) is 3.93. The maximum atomic E-state index is 13.6. The van der Waals surface area contributed by atoms with Crippen LogP contribution >= 0.6 is 0 Å². The molecule has 2 aromatic carbocycles. The summed E-state index contributed by atoms with van der Waals surface area (Å²) in [7, 11) is 0. The Bertz CT molecular complexity index is 695. The van der Waals surface area contributed by atoms with Gasteiger partial charge in [-0.1, -0.05) is 18.2 Å². The summed E-state index contributed by atoms with van der Waals surface area (Å²) in [5.41, 5.74) is 0.717. The highest BCUT2D eigenvalue weighted by atomic mass is 19.1. The Balaban J connectivity index is 2.16. The Morgan fingerprint density at radius 2 is 2.05 bits per heavy atom. The van der Waals surface area contributed by atoms with Crippen molar-refractivity contribution in [2.75, 3.05) is 0 Å². The van der Waals surface area contributed by atoms with Crippen molar-refractivity contribution in [2.24, 2.45) is 0 Å². The number of hydrogen-bond acceptors (Lipinski definition) is 4. The van der Waals surface area contributed by atoms with Gasteiger partial charge in [0.15, 0.2) is 11.6 Å². The van der Waals surface area contributed by atoms with E-state index in [1.54, 1.807) is 24.3 Å². The van der Waals surface area contributed by atoms with Crippen molar-refractivity contribution in [3.63, 3.8) is 0 Å². The number of benzene rings is 2. The van der Waals surface area contributed by atoms with E-state index in [9.17, 15) is 14.5 Å². The van der Waals surface area contributed by atoms with E-state index in [1.165, 1.54) is 6.07 Å². The van der Waals surface area contributed by atoms with Gasteiger partial charge in [-0.2, -0.15) is 5.26 Å². The molecule has 0 saturated heterocycles. The van der Waals surface area contributed by atoms with Gasteiger partial charge in [0.05, 0.1) is 22.6 Å². The number of hydrogen-bond donors (Lipinski definition) is 0. The molecule has 6 heteroatoms. The van der Waals surface area contributed by atoms with Crippen LogP contribution in [0.5, 0.6) is 5.75 Å². The lowest BCUT2D eigenvalue weighted by molar-refractivity contribution is -0.385. The summed E-state index contributed by atoms with van der Waals surface area (Å²) in [5.74, 6) is -0.906. The van der Waals surface area contributed by atoms with Gasteiger partial charge in [-0.25, -0.2) is 4.39 Å². The molecule has 100 valence electrons. The molecular formula is C14H9FN2O3. The molecule has 0 aliphatic rings. The van der Waals surface area contributed by atoms with Crippen LogP contribution in [0.2, 0.25) is 0 Å². The van der Waals surface area contributed by atoms with Gasteiger partial charge in [0.25, 0.3) is 5.69 Å². The molecule has 0 N–H and O–H groups in total. The Morgan fingerprint density at radius 1 is 1.30 bits per heavy atom. The summed E-state index contributed by atoms with van der Waals surface area (Å²) in [6.07, 6.45) is 0. The van der Waals surface area contributed by atoms with Crippen molar-refractivity contribution in [3.05, 3.63) is 69.5 Å². The molecule has 20 heavy (non-hydrogen) atoms. The number of ether oxygens (including phenoxy) is 1. The zero-order valence-electron chi connectivity index (χ0n) is 10.2. The average Bonchev–Trinajstić information content (AvgIpc) is 2.46. The van der Waals surface area contributed by atoms with Gasteiger partial charge in [-0.3, -0.25) is 10.1 Å². The molecule has 0 saturated carbocycles. The summed E-state index contributed by atoms with van der Waals surface area (Å²) in [6, 6.07) is 11.9. The molecule has 0 bridgehead atoms. The van der Waals surface area contributed by atoms with Gasteiger partial charge in [0.1, 0.15) is 6.61 Å². The van der Waals surface area contributed by atoms with Gasteiger partial charge >= 0.3 is 0 Å². The van der Waals surface area contributed by atoms with Crippen molar-refractivity contribution < 1.29 is 14.1 Å². The van der Waals surface area contributed by atoms with Crippen molar-refractivity contribution >= 4 is 5.69 Å². The van der Waals surface area contributed by atoms with Crippen molar-refractivity contribution in [3.8, 4) is 11.8 Å². The van der Waals surface area contributed by atoms with Gasteiger partial charge < -0.3 is 4.74 Å². The third-order valence-electron chi connectivity index (χ3n) is 2.65. The number of halogens is 1. The highest BCUT2D eigenvalue weighted by Gasteiger charge is 2.12. The maximum absolute atomic E-state index is 13.6. The smallest absolute Gasteiger partial charge is 0.272 e. The van der Waals surface area contributed by atoms with E-state index in [1.807, 2.05) is 6.07 Å². The van der Waals surface area contributed by atoms with Crippen LogP contribution in [0, 0.1) is 27.3 Å². The third kappa shape index (κ3) is 2.90. The molecule has 0 aromatic heterocycles. The third-order valence-corrected chi connectivity index (χ3v) is 2.65. The van der Waals surface area contributed by atoms with Crippen LogP contribution in [0.25, 0.3) is 0 Å².